The fourth-order valence-electron chi connectivity index (χ4n) is 4.34. The molecule has 0 aromatic heterocycles. The van der Waals surface area contributed by atoms with Crippen LogP contribution in [-0.2, 0) is 9.59 Å². The van der Waals surface area contributed by atoms with Crippen LogP contribution in [0.3, 0.4) is 0 Å². The van der Waals surface area contributed by atoms with Crippen LogP contribution >= 0.6 is 0 Å². The van der Waals surface area contributed by atoms with E-state index in [1.54, 1.807) is 0 Å². The third-order valence-corrected chi connectivity index (χ3v) is 6.27. The van der Waals surface area contributed by atoms with Crippen molar-refractivity contribution in [2.75, 3.05) is 36.9 Å². The van der Waals surface area contributed by atoms with Gasteiger partial charge < -0.3 is 25.0 Å². The van der Waals surface area contributed by atoms with Crippen LogP contribution in [0.2, 0.25) is 0 Å². The van der Waals surface area contributed by atoms with Crippen molar-refractivity contribution in [2.24, 2.45) is 5.92 Å². The second-order valence-electron chi connectivity index (χ2n) is 8.70. The third-order valence-electron chi connectivity index (χ3n) is 6.27. The second-order valence-corrected chi connectivity index (χ2v) is 8.70. The highest BCUT2D eigenvalue weighted by molar-refractivity contribution is 5.94. The van der Waals surface area contributed by atoms with Crippen molar-refractivity contribution in [1.82, 2.24) is 4.90 Å². The van der Waals surface area contributed by atoms with Crippen LogP contribution in [0.15, 0.2) is 42.5 Å². The molecule has 1 saturated carbocycles. The maximum atomic E-state index is 13.0. The van der Waals surface area contributed by atoms with Crippen molar-refractivity contribution < 1.29 is 19.1 Å². The fourth-order valence-corrected chi connectivity index (χ4v) is 4.34. The molecule has 2 amide bonds. The number of likely N-dealkylation sites (tertiary alicyclic amines) is 1. The van der Waals surface area contributed by atoms with Gasteiger partial charge in [0.15, 0.2) is 11.5 Å². The molecule has 2 heterocycles. The van der Waals surface area contributed by atoms with Gasteiger partial charge in [-0.15, -0.1) is 0 Å². The molecule has 1 atom stereocenters. The molecule has 0 bridgehead atoms. The largest absolute Gasteiger partial charge is 0.490 e. The second kappa shape index (κ2) is 9.10. The lowest BCUT2D eigenvalue weighted by Crippen LogP contribution is -2.35. The lowest BCUT2D eigenvalue weighted by atomic mass is 10.0. The Kier molecular flexibility index (Phi) is 5.88. The van der Waals surface area contributed by atoms with E-state index >= 15 is 0 Å². The summed E-state index contributed by atoms with van der Waals surface area (Å²) in [7, 11) is 0. The smallest absolute Gasteiger partial charge is 0.242 e. The maximum absolute atomic E-state index is 13.0. The van der Waals surface area contributed by atoms with Crippen molar-refractivity contribution in [2.45, 2.75) is 38.1 Å². The number of rotatable bonds is 6. The molecule has 2 fully saturated rings. The Morgan fingerprint density at radius 3 is 2.44 bits per heavy atom. The first kappa shape index (κ1) is 20.7. The van der Waals surface area contributed by atoms with Crippen LogP contribution < -0.4 is 20.1 Å². The van der Waals surface area contributed by atoms with Crippen molar-refractivity contribution >= 4 is 23.2 Å². The molecular formula is C25H29N3O4. The van der Waals surface area contributed by atoms with Gasteiger partial charge >= 0.3 is 0 Å². The molecule has 2 aromatic rings. The number of anilines is 2. The maximum Gasteiger partial charge on any atom is 0.242 e. The molecule has 1 unspecified atom stereocenters. The van der Waals surface area contributed by atoms with E-state index in [1.165, 1.54) is 0 Å². The lowest BCUT2D eigenvalue weighted by Gasteiger charge is -2.26. The summed E-state index contributed by atoms with van der Waals surface area (Å²) < 4.78 is 11.6. The van der Waals surface area contributed by atoms with Crippen LogP contribution in [0.25, 0.3) is 0 Å². The Hall–Kier alpha value is -3.22. The SMILES string of the molecule is O=C(Nc1ccc(NCC(=O)N2CCCC2c2ccc3c(c2)OCCCO3)cc1)C1CC1. The molecule has 1 aliphatic carbocycles. The molecule has 5 rings (SSSR count). The average molecular weight is 436 g/mol. The number of carbonyl (C=O) groups excluding carboxylic acids is 2. The molecule has 3 aliphatic rings. The van der Waals surface area contributed by atoms with Gasteiger partial charge in [-0.25, -0.2) is 0 Å². The molecule has 2 N–H and O–H groups in total. The zero-order valence-electron chi connectivity index (χ0n) is 18.1. The minimum atomic E-state index is 0.0569. The standard InChI is InChI=1S/C25H29N3O4/c29-24(16-26-19-7-9-20(10-8-19)27-25(30)17-4-5-17)28-12-1-3-21(28)18-6-11-22-23(15-18)32-14-2-13-31-22/h6-11,15,17,21,26H,1-5,12-14,16H2,(H,27,30). The number of nitrogens with zero attached hydrogens (tertiary/aromatic N) is 1. The van der Waals surface area contributed by atoms with Crippen LogP contribution in [-0.4, -0.2) is 43.0 Å². The molecule has 7 heteroatoms. The fraction of sp³-hybridized carbons (Fsp3) is 0.440. The lowest BCUT2D eigenvalue weighted by molar-refractivity contribution is -0.130. The van der Waals surface area contributed by atoms with Crippen molar-refractivity contribution in [1.29, 1.82) is 0 Å². The molecular weight excluding hydrogens is 406 g/mol. The first-order chi connectivity index (χ1) is 15.7. The van der Waals surface area contributed by atoms with Crippen LogP contribution in [0.1, 0.15) is 43.7 Å². The topological polar surface area (TPSA) is 79.9 Å². The van der Waals surface area contributed by atoms with E-state index in [2.05, 4.69) is 10.6 Å². The number of benzene rings is 2. The third kappa shape index (κ3) is 4.66. The van der Waals surface area contributed by atoms with Gasteiger partial charge in [0, 0.05) is 30.3 Å². The number of nitrogens with one attached hydrogen (secondary N) is 2. The molecule has 0 spiro atoms. The monoisotopic (exact) mass is 435 g/mol. The summed E-state index contributed by atoms with van der Waals surface area (Å²) >= 11 is 0. The zero-order valence-corrected chi connectivity index (χ0v) is 18.1. The van der Waals surface area contributed by atoms with E-state index in [4.69, 9.17) is 9.47 Å². The summed E-state index contributed by atoms with van der Waals surface area (Å²) in [6, 6.07) is 13.6. The molecule has 32 heavy (non-hydrogen) atoms. The van der Waals surface area contributed by atoms with Crippen molar-refractivity contribution in [3.05, 3.63) is 48.0 Å². The quantitative estimate of drug-likeness (QED) is 0.718. The summed E-state index contributed by atoms with van der Waals surface area (Å²) in [5, 5.41) is 6.15. The van der Waals surface area contributed by atoms with E-state index in [0.717, 1.165) is 67.1 Å². The Bertz CT molecular complexity index is 987. The summed E-state index contributed by atoms with van der Waals surface area (Å²) in [5.41, 5.74) is 2.73. The zero-order chi connectivity index (χ0) is 21.9. The predicted octanol–water partition coefficient (Wildman–Crippen LogP) is 3.97. The highest BCUT2D eigenvalue weighted by Crippen LogP contribution is 2.38. The number of hydrogen-bond donors (Lipinski definition) is 2. The molecule has 0 radical (unpaired) electrons. The summed E-state index contributed by atoms with van der Waals surface area (Å²) in [6.07, 6.45) is 4.77. The number of ether oxygens (including phenoxy) is 2. The van der Waals surface area contributed by atoms with Crippen molar-refractivity contribution in [3.8, 4) is 11.5 Å². The van der Waals surface area contributed by atoms with Gasteiger partial charge in [-0.3, -0.25) is 9.59 Å². The van der Waals surface area contributed by atoms with E-state index in [9.17, 15) is 9.59 Å². The Morgan fingerprint density at radius 1 is 0.906 bits per heavy atom. The van der Waals surface area contributed by atoms with E-state index < -0.39 is 0 Å². The predicted molar refractivity (Wildman–Crippen MR) is 122 cm³/mol. The number of amides is 2. The highest BCUT2D eigenvalue weighted by Gasteiger charge is 2.31. The normalized spacial score (nSPS) is 19.9. The van der Waals surface area contributed by atoms with E-state index in [0.29, 0.717) is 13.2 Å². The summed E-state index contributed by atoms with van der Waals surface area (Å²) in [5.74, 6) is 1.89. The van der Waals surface area contributed by atoms with Crippen LogP contribution in [0.5, 0.6) is 11.5 Å². The van der Waals surface area contributed by atoms with Crippen LogP contribution in [0, 0.1) is 5.92 Å². The van der Waals surface area contributed by atoms with E-state index in [-0.39, 0.29) is 30.3 Å². The number of carbonyl (C=O) groups is 2. The average Bonchev–Trinajstić information content (AvgIpc) is 3.59. The van der Waals surface area contributed by atoms with Crippen molar-refractivity contribution in [3.63, 3.8) is 0 Å². The van der Waals surface area contributed by atoms with Gasteiger partial charge in [0.05, 0.1) is 25.8 Å². The van der Waals surface area contributed by atoms with Crippen LogP contribution in [0.4, 0.5) is 11.4 Å². The molecule has 2 aliphatic heterocycles. The van der Waals surface area contributed by atoms with E-state index in [1.807, 2.05) is 47.4 Å². The Morgan fingerprint density at radius 2 is 1.66 bits per heavy atom. The molecule has 1 saturated heterocycles. The first-order valence-electron chi connectivity index (χ1n) is 11.5. The van der Waals surface area contributed by atoms with Gasteiger partial charge in [0.1, 0.15) is 0 Å². The minimum absolute atomic E-state index is 0.0569. The molecule has 2 aromatic carbocycles. The van der Waals surface area contributed by atoms with Gasteiger partial charge in [-0.1, -0.05) is 6.07 Å². The molecule has 168 valence electrons. The Balaban J connectivity index is 1.19. The first-order valence-corrected chi connectivity index (χ1v) is 11.5. The Labute approximate surface area is 188 Å². The summed E-state index contributed by atoms with van der Waals surface area (Å²) in [6.45, 7) is 2.30. The number of fused-ring (bicyclic) bond motifs is 1. The minimum Gasteiger partial charge on any atom is -0.490 e. The highest BCUT2D eigenvalue weighted by atomic mass is 16.5. The van der Waals surface area contributed by atoms with Gasteiger partial charge in [0.2, 0.25) is 11.8 Å². The number of hydrogen-bond acceptors (Lipinski definition) is 5. The van der Waals surface area contributed by atoms with Gasteiger partial charge in [-0.05, 0) is 67.6 Å². The molecule has 7 nitrogen and oxygen atoms in total. The summed E-state index contributed by atoms with van der Waals surface area (Å²) in [4.78, 5) is 26.8. The van der Waals surface area contributed by atoms with Gasteiger partial charge in [-0.2, -0.15) is 0 Å². The van der Waals surface area contributed by atoms with Gasteiger partial charge in [0.25, 0.3) is 0 Å².